The highest BCUT2D eigenvalue weighted by molar-refractivity contribution is 5.02. The molecule has 1 rings (SSSR count). The van der Waals surface area contributed by atoms with Gasteiger partial charge in [-0.15, -0.1) is 0 Å². The molecule has 11 heavy (non-hydrogen) atoms. The first-order valence-electron chi connectivity index (χ1n) is 4.53. The van der Waals surface area contributed by atoms with E-state index in [1.165, 1.54) is 5.57 Å². The molecule has 0 nitrogen and oxygen atoms in total. The number of hydrogen-bond acceptors (Lipinski definition) is 0. The minimum Gasteiger partial charge on any atom is -0.247 e. The molecule has 2 unspecified atom stereocenters. The first-order chi connectivity index (χ1) is 5.24. The van der Waals surface area contributed by atoms with E-state index in [1.807, 2.05) is 0 Å². The van der Waals surface area contributed by atoms with Crippen LogP contribution in [-0.2, 0) is 0 Å². The van der Waals surface area contributed by atoms with Crippen molar-refractivity contribution in [3.8, 4) is 0 Å². The Balaban J connectivity index is 2.51. The average Bonchev–Trinajstić information content (AvgIpc) is 2.15. The predicted octanol–water partition coefficient (Wildman–Crippen LogP) is 3.48. The Labute approximate surface area is 68.5 Å². The van der Waals surface area contributed by atoms with Crippen molar-refractivity contribution in [3.05, 3.63) is 11.6 Å². The van der Waals surface area contributed by atoms with Crippen molar-refractivity contribution in [2.24, 2.45) is 5.92 Å². The van der Waals surface area contributed by atoms with Crippen molar-refractivity contribution in [2.75, 3.05) is 0 Å². The number of rotatable bonds is 1. The molecule has 0 radical (unpaired) electrons. The summed E-state index contributed by atoms with van der Waals surface area (Å²) in [5, 5.41) is 0. The van der Waals surface area contributed by atoms with E-state index in [9.17, 15) is 4.39 Å². The zero-order chi connectivity index (χ0) is 8.27. The molecule has 0 N–H and O–H groups in total. The van der Waals surface area contributed by atoms with Crippen LogP contribution in [0.3, 0.4) is 0 Å². The molecule has 0 bridgehead atoms. The summed E-state index contributed by atoms with van der Waals surface area (Å²) in [4.78, 5) is 0. The Morgan fingerprint density at radius 3 is 3.00 bits per heavy atom. The summed E-state index contributed by atoms with van der Waals surface area (Å²) in [5.41, 5.74) is 1.36. The summed E-state index contributed by atoms with van der Waals surface area (Å²) in [6.07, 6.45) is 5.24. The Kier molecular flexibility index (Phi) is 3.10. The first-order valence-corrected chi connectivity index (χ1v) is 4.53. The van der Waals surface area contributed by atoms with E-state index in [-0.39, 0.29) is 0 Å². The molecule has 1 aliphatic rings. The van der Waals surface area contributed by atoms with Crippen molar-refractivity contribution >= 4 is 0 Å². The molecular formula is C10H17F. The second-order valence-electron chi connectivity index (χ2n) is 3.51. The summed E-state index contributed by atoms with van der Waals surface area (Å²) < 4.78 is 13.2. The van der Waals surface area contributed by atoms with Crippen molar-refractivity contribution in [2.45, 2.75) is 45.7 Å². The van der Waals surface area contributed by atoms with Crippen LogP contribution in [0.2, 0.25) is 0 Å². The van der Waals surface area contributed by atoms with Crippen LogP contribution in [0.15, 0.2) is 11.6 Å². The Morgan fingerprint density at radius 2 is 2.36 bits per heavy atom. The zero-order valence-corrected chi connectivity index (χ0v) is 7.44. The Morgan fingerprint density at radius 1 is 1.64 bits per heavy atom. The maximum atomic E-state index is 13.2. The molecule has 1 heteroatoms. The molecule has 0 aromatic rings. The normalized spacial score (nSPS) is 32.8. The quantitative estimate of drug-likeness (QED) is 0.510. The van der Waals surface area contributed by atoms with E-state index < -0.39 is 6.17 Å². The van der Waals surface area contributed by atoms with Gasteiger partial charge in [-0.25, -0.2) is 4.39 Å². The van der Waals surface area contributed by atoms with Gasteiger partial charge in [0.2, 0.25) is 0 Å². The molecule has 0 aromatic heterocycles. The smallest absolute Gasteiger partial charge is 0.106 e. The van der Waals surface area contributed by atoms with Gasteiger partial charge >= 0.3 is 0 Å². The van der Waals surface area contributed by atoms with Gasteiger partial charge in [0.05, 0.1) is 0 Å². The number of alkyl halides is 1. The van der Waals surface area contributed by atoms with Crippen molar-refractivity contribution in [1.82, 2.24) is 0 Å². The van der Waals surface area contributed by atoms with Crippen LogP contribution >= 0.6 is 0 Å². The maximum absolute atomic E-state index is 13.2. The predicted molar refractivity (Wildman–Crippen MR) is 46.3 cm³/mol. The van der Waals surface area contributed by atoms with Gasteiger partial charge in [0.25, 0.3) is 0 Å². The lowest BCUT2D eigenvalue weighted by molar-refractivity contribution is 0.218. The van der Waals surface area contributed by atoms with Gasteiger partial charge in [0.1, 0.15) is 6.17 Å². The van der Waals surface area contributed by atoms with E-state index >= 15 is 0 Å². The molecular weight excluding hydrogens is 139 g/mol. The second kappa shape index (κ2) is 3.89. The van der Waals surface area contributed by atoms with E-state index in [1.54, 1.807) is 0 Å². The third-order valence-corrected chi connectivity index (χ3v) is 2.64. The first kappa shape index (κ1) is 8.76. The monoisotopic (exact) mass is 156 g/mol. The maximum Gasteiger partial charge on any atom is 0.106 e. The molecule has 0 saturated carbocycles. The molecule has 64 valence electrons. The summed E-state index contributed by atoms with van der Waals surface area (Å²) in [5.74, 6) is 0.309. The van der Waals surface area contributed by atoms with Crippen LogP contribution < -0.4 is 0 Å². The third kappa shape index (κ3) is 2.32. The lowest BCUT2D eigenvalue weighted by Crippen LogP contribution is -2.12. The fraction of sp³-hybridized carbons (Fsp3) is 0.800. The zero-order valence-electron chi connectivity index (χ0n) is 7.44. The van der Waals surface area contributed by atoms with Crippen molar-refractivity contribution in [3.63, 3.8) is 0 Å². The molecule has 0 saturated heterocycles. The molecule has 0 amide bonds. The van der Waals surface area contributed by atoms with E-state index in [2.05, 4.69) is 19.9 Å². The lowest BCUT2D eigenvalue weighted by Gasteiger charge is -2.15. The highest BCUT2D eigenvalue weighted by Crippen LogP contribution is 2.27. The van der Waals surface area contributed by atoms with Gasteiger partial charge in [-0.2, -0.15) is 0 Å². The molecule has 0 aromatic carbocycles. The highest BCUT2D eigenvalue weighted by Gasteiger charge is 2.20. The number of allylic oxidation sites excluding steroid dienone is 2. The molecule has 0 fully saturated rings. The minimum atomic E-state index is -0.586. The van der Waals surface area contributed by atoms with Crippen LogP contribution in [0, 0.1) is 5.92 Å². The fourth-order valence-electron chi connectivity index (χ4n) is 1.66. The minimum absolute atomic E-state index is 0.309. The SMILES string of the molecule is CCC1CCC(C)=CCC1F. The average molecular weight is 156 g/mol. The molecule has 1 aliphatic carbocycles. The van der Waals surface area contributed by atoms with Crippen molar-refractivity contribution in [1.29, 1.82) is 0 Å². The highest BCUT2D eigenvalue weighted by atomic mass is 19.1. The summed E-state index contributed by atoms with van der Waals surface area (Å²) in [6, 6.07) is 0. The van der Waals surface area contributed by atoms with Gasteiger partial charge in [-0.1, -0.05) is 25.0 Å². The van der Waals surface area contributed by atoms with E-state index in [4.69, 9.17) is 0 Å². The molecule has 0 aliphatic heterocycles. The molecule has 2 atom stereocenters. The fourth-order valence-corrected chi connectivity index (χ4v) is 1.66. The topological polar surface area (TPSA) is 0 Å². The largest absolute Gasteiger partial charge is 0.247 e. The van der Waals surface area contributed by atoms with Crippen LogP contribution in [0.25, 0.3) is 0 Å². The molecule has 0 spiro atoms. The number of halogens is 1. The van der Waals surface area contributed by atoms with Crippen LogP contribution in [0.4, 0.5) is 4.39 Å². The van der Waals surface area contributed by atoms with Gasteiger partial charge in [-0.3, -0.25) is 0 Å². The summed E-state index contributed by atoms with van der Waals surface area (Å²) >= 11 is 0. The van der Waals surface area contributed by atoms with Crippen LogP contribution in [-0.4, -0.2) is 6.17 Å². The standard InChI is InChI=1S/C10H17F/c1-3-9-6-4-8(2)5-7-10(9)11/h5,9-10H,3-4,6-7H2,1-2H3. The Bertz CT molecular complexity index is 149. The van der Waals surface area contributed by atoms with Gasteiger partial charge in [-0.05, 0) is 32.1 Å². The van der Waals surface area contributed by atoms with Gasteiger partial charge < -0.3 is 0 Å². The third-order valence-electron chi connectivity index (χ3n) is 2.64. The number of hydrogen-bond donors (Lipinski definition) is 0. The van der Waals surface area contributed by atoms with E-state index in [0.717, 1.165) is 19.3 Å². The summed E-state index contributed by atoms with van der Waals surface area (Å²) in [6.45, 7) is 4.18. The van der Waals surface area contributed by atoms with Gasteiger partial charge in [0, 0.05) is 0 Å². The van der Waals surface area contributed by atoms with Gasteiger partial charge in [0.15, 0.2) is 0 Å². The second-order valence-corrected chi connectivity index (χ2v) is 3.51. The summed E-state index contributed by atoms with van der Waals surface area (Å²) in [7, 11) is 0. The Hall–Kier alpha value is -0.330. The molecule has 0 heterocycles. The lowest BCUT2D eigenvalue weighted by atomic mass is 9.95. The van der Waals surface area contributed by atoms with Crippen molar-refractivity contribution < 1.29 is 4.39 Å². The van der Waals surface area contributed by atoms with E-state index in [0.29, 0.717) is 12.3 Å². The van der Waals surface area contributed by atoms with Crippen LogP contribution in [0.5, 0.6) is 0 Å². The van der Waals surface area contributed by atoms with Crippen LogP contribution in [0.1, 0.15) is 39.5 Å².